The van der Waals surface area contributed by atoms with E-state index in [0.717, 1.165) is 17.4 Å². The number of thiophene rings is 1. The molecule has 0 atom stereocenters. The molecule has 0 saturated carbocycles. The lowest BCUT2D eigenvalue weighted by atomic mass is 9.98. The zero-order valence-electron chi connectivity index (χ0n) is 16.6. The highest BCUT2D eigenvalue weighted by Gasteiger charge is 2.38. The molecule has 2 aromatic rings. The highest BCUT2D eigenvalue weighted by molar-refractivity contribution is 7.17. The van der Waals surface area contributed by atoms with Gasteiger partial charge < -0.3 is 15.0 Å². The van der Waals surface area contributed by atoms with E-state index in [-0.39, 0.29) is 27.6 Å². The van der Waals surface area contributed by atoms with E-state index in [9.17, 15) is 26.7 Å². The fourth-order valence-corrected chi connectivity index (χ4v) is 5.15. The molecule has 31 heavy (non-hydrogen) atoms. The Bertz CT molecular complexity index is 953. The summed E-state index contributed by atoms with van der Waals surface area (Å²) < 4.78 is 70.0. The number of carbonyl (C=O) groups is 1. The number of nitrogens with one attached hydrogen (secondary N) is 1. The average Bonchev–Trinajstić information content (AvgIpc) is 3.12. The third-order valence-electron chi connectivity index (χ3n) is 5.76. The van der Waals surface area contributed by atoms with E-state index in [1.807, 2.05) is 0 Å². The Morgan fingerprint density at radius 3 is 2.55 bits per heavy atom. The predicted molar refractivity (Wildman–Crippen MR) is 106 cm³/mol. The molecular weight excluding hydrogens is 443 g/mol. The number of ether oxygens (including phenoxy) is 1. The third kappa shape index (κ3) is 4.46. The maximum Gasteiger partial charge on any atom is 0.417 e. The number of piperidine rings is 1. The summed E-state index contributed by atoms with van der Waals surface area (Å²) in [4.78, 5) is 20.3. The molecular formula is C19H21F5N4O2S. The van der Waals surface area contributed by atoms with E-state index in [4.69, 9.17) is 0 Å². The minimum Gasteiger partial charge on any atom is -0.356 e. The fourth-order valence-electron chi connectivity index (χ4n) is 4.12. The Kier molecular flexibility index (Phi) is 6.05. The molecule has 2 fully saturated rings. The van der Waals surface area contributed by atoms with Crippen molar-refractivity contribution in [3.8, 4) is 0 Å². The number of hydrogen-bond acceptors (Lipinski definition) is 6. The summed E-state index contributed by atoms with van der Waals surface area (Å²) in [5.41, 5.74) is -0.633. The van der Waals surface area contributed by atoms with Crippen molar-refractivity contribution in [1.29, 1.82) is 0 Å². The number of halogens is 5. The minimum absolute atomic E-state index is 0.0473. The molecule has 2 aliphatic rings. The molecule has 0 bridgehead atoms. The van der Waals surface area contributed by atoms with Crippen LogP contribution in [0, 0.1) is 0 Å². The number of aromatic nitrogens is 1. The number of carbonyl (C=O) groups excluding carboxylic acids is 1. The lowest BCUT2D eigenvalue weighted by molar-refractivity contribution is -0.201. The van der Waals surface area contributed by atoms with Crippen LogP contribution in [-0.4, -0.2) is 67.8 Å². The summed E-state index contributed by atoms with van der Waals surface area (Å²) in [6, 6.07) is 1.21. The summed E-state index contributed by atoms with van der Waals surface area (Å²) >= 11 is 0.852. The Balaban J connectivity index is 1.52. The number of nitrogens with zero attached hydrogens (tertiary/aromatic N) is 3. The fraction of sp³-hybridized carbons (Fsp3) is 0.579. The Morgan fingerprint density at radius 1 is 1.29 bits per heavy atom. The van der Waals surface area contributed by atoms with Gasteiger partial charge in [-0.2, -0.15) is 22.0 Å². The summed E-state index contributed by atoms with van der Waals surface area (Å²) in [6.45, 7) is -0.952. The molecule has 0 aliphatic carbocycles. The van der Waals surface area contributed by atoms with Gasteiger partial charge in [0, 0.05) is 44.6 Å². The molecule has 1 amide bonds. The van der Waals surface area contributed by atoms with Gasteiger partial charge in [-0.05, 0) is 18.9 Å². The van der Waals surface area contributed by atoms with Crippen molar-refractivity contribution in [1.82, 2.24) is 15.2 Å². The van der Waals surface area contributed by atoms with E-state index in [1.54, 1.807) is 4.90 Å². The first-order chi connectivity index (χ1) is 14.7. The molecule has 0 unspecified atom stereocenters. The third-order valence-corrected chi connectivity index (χ3v) is 6.77. The van der Waals surface area contributed by atoms with Gasteiger partial charge in [0.15, 0.2) is 0 Å². The van der Waals surface area contributed by atoms with Crippen molar-refractivity contribution in [2.75, 3.05) is 38.1 Å². The van der Waals surface area contributed by atoms with Gasteiger partial charge in [-0.1, -0.05) is 0 Å². The summed E-state index contributed by atoms with van der Waals surface area (Å²) in [5.74, 6) is -0.301. The monoisotopic (exact) mass is 464 g/mol. The largest absolute Gasteiger partial charge is 0.417 e. The smallest absolute Gasteiger partial charge is 0.356 e. The van der Waals surface area contributed by atoms with Crippen LogP contribution >= 0.6 is 11.3 Å². The molecule has 0 aromatic carbocycles. The van der Waals surface area contributed by atoms with Gasteiger partial charge in [0.05, 0.1) is 27.4 Å². The van der Waals surface area contributed by atoms with E-state index in [1.165, 1.54) is 12.4 Å². The summed E-state index contributed by atoms with van der Waals surface area (Å²) in [6.07, 6.45) is -3.70. The quantitative estimate of drug-likeness (QED) is 0.686. The first-order valence-corrected chi connectivity index (χ1v) is 10.7. The molecule has 0 spiro atoms. The van der Waals surface area contributed by atoms with Crippen molar-refractivity contribution in [2.24, 2.45) is 0 Å². The molecule has 2 aromatic heterocycles. The average molecular weight is 464 g/mol. The van der Waals surface area contributed by atoms with Gasteiger partial charge >= 0.3 is 12.8 Å². The normalized spacial score (nSPS) is 19.3. The van der Waals surface area contributed by atoms with Crippen molar-refractivity contribution in [3.63, 3.8) is 0 Å². The zero-order chi connectivity index (χ0) is 22.3. The van der Waals surface area contributed by atoms with Gasteiger partial charge in [0.25, 0.3) is 5.91 Å². The second-order valence-electron chi connectivity index (χ2n) is 7.62. The molecule has 4 heterocycles. The molecule has 170 valence electrons. The molecule has 1 N–H and O–H groups in total. The maximum atomic E-state index is 13.7. The van der Waals surface area contributed by atoms with Gasteiger partial charge in [-0.15, -0.1) is 11.3 Å². The summed E-state index contributed by atoms with van der Waals surface area (Å²) in [5, 5.41) is 3.83. The topological polar surface area (TPSA) is 57.7 Å². The first kappa shape index (κ1) is 22.2. The van der Waals surface area contributed by atoms with Crippen LogP contribution in [0.4, 0.5) is 27.8 Å². The van der Waals surface area contributed by atoms with Gasteiger partial charge in [0.1, 0.15) is 5.82 Å². The first-order valence-electron chi connectivity index (χ1n) is 9.81. The van der Waals surface area contributed by atoms with E-state index in [0.29, 0.717) is 39.0 Å². The molecule has 12 heteroatoms. The van der Waals surface area contributed by atoms with Crippen LogP contribution in [0.2, 0.25) is 0 Å². The number of pyridine rings is 1. The standard InChI is InChI=1S/C19H21F5N4O2S/c1-25-17(29)12-9-31-16-13(19(22,23)24)6-14(26-15(12)16)27-4-2-10(3-5-27)28-7-11(8-28)30-18(20)21/h6,9-11,18H,2-5,7-8H2,1H3,(H,25,29). The van der Waals surface area contributed by atoms with Crippen LogP contribution < -0.4 is 10.2 Å². The van der Waals surface area contributed by atoms with E-state index in [2.05, 4.69) is 19.9 Å². The van der Waals surface area contributed by atoms with Gasteiger partial charge in [0.2, 0.25) is 0 Å². The van der Waals surface area contributed by atoms with Crippen LogP contribution in [-0.2, 0) is 10.9 Å². The number of rotatable bonds is 5. The Morgan fingerprint density at radius 2 is 1.97 bits per heavy atom. The second-order valence-corrected chi connectivity index (χ2v) is 8.50. The number of hydrogen-bond donors (Lipinski definition) is 1. The van der Waals surface area contributed by atoms with Crippen LogP contribution in [0.15, 0.2) is 11.4 Å². The number of anilines is 1. The highest BCUT2D eigenvalue weighted by Crippen LogP contribution is 2.40. The Hall–Kier alpha value is -2.05. The zero-order valence-corrected chi connectivity index (χ0v) is 17.4. The SMILES string of the molecule is CNC(=O)c1csc2c(C(F)(F)F)cc(N3CCC(N4CC(OC(F)F)C4)CC3)nc12. The van der Waals surface area contributed by atoms with Crippen molar-refractivity contribution in [3.05, 3.63) is 22.6 Å². The lowest BCUT2D eigenvalue weighted by Crippen LogP contribution is -2.59. The second kappa shape index (κ2) is 8.47. The number of fused-ring (bicyclic) bond motifs is 1. The number of amides is 1. The van der Waals surface area contributed by atoms with Crippen LogP contribution in [0.3, 0.4) is 0 Å². The molecule has 2 saturated heterocycles. The number of alkyl halides is 5. The van der Waals surface area contributed by atoms with Crippen LogP contribution in [0.25, 0.3) is 10.2 Å². The van der Waals surface area contributed by atoms with Gasteiger partial charge in [-0.3, -0.25) is 9.69 Å². The molecule has 0 radical (unpaired) electrons. The summed E-state index contributed by atoms with van der Waals surface area (Å²) in [7, 11) is 1.41. The van der Waals surface area contributed by atoms with E-state index < -0.39 is 30.4 Å². The van der Waals surface area contributed by atoms with Crippen LogP contribution in [0.1, 0.15) is 28.8 Å². The lowest BCUT2D eigenvalue weighted by Gasteiger charge is -2.46. The van der Waals surface area contributed by atoms with Crippen molar-refractivity contribution in [2.45, 2.75) is 37.8 Å². The minimum atomic E-state index is -4.57. The Labute approximate surface area is 179 Å². The molecule has 6 nitrogen and oxygen atoms in total. The van der Waals surface area contributed by atoms with Crippen molar-refractivity contribution < 1.29 is 31.5 Å². The maximum absolute atomic E-state index is 13.7. The molecule has 4 rings (SSSR count). The predicted octanol–water partition coefficient (Wildman–Crippen LogP) is 3.57. The molecule has 2 aliphatic heterocycles. The van der Waals surface area contributed by atoms with Gasteiger partial charge in [-0.25, -0.2) is 4.98 Å². The highest BCUT2D eigenvalue weighted by atomic mass is 32.1. The van der Waals surface area contributed by atoms with Crippen LogP contribution in [0.5, 0.6) is 0 Å². The van der Waals surface area contributed by atoms with Crippen molar-refractivity contribution >= 4 is 33.3 Å². The number of likely N-dealkylation sites (tertiary alicyclic amines) is 1. The van der Waals surface area contributed by atoms with E-state index >= 15 is 0 Å².